The summed E-state index contributed by atoms with van der Waals surface area (Å²) in [6.45, 7) is 1.44. The molecule has 2 aromatic rings. The first-order valence-electron chi connectivity index (χ1n) is 6.49. The quantitative estimate of drug-likeness (QED) is 0.920. The molecule has 2 aromatic heterocycles. The zero-order valence-corrected chi connectivity index (χ0v) is 12.3. The molecule has 2 heterocycles. The van der Waals surface area contributed by atoms with E-state index in [4.69, 9.17) is 0 Å². The van der Waals surface area contributed by atoms with Gasteiger partial charge in [0.15, 0.2) is 5.01 Å². The summed E-state index contributed by atoms with van der Waals surface area (Å²) >= 11 is 0.438. The molecule has 1 aliphatic rings. The van der Waals surface area contributed by atoms with Crippen molar-refractivity contribution in [1.82, 2.24) is 15.0 Å². The van der Waals surface area contributed by atoms with Gasteiger partial charge in [-0.25, -0.2) is 4.98 Å². The monoisotopic (exact) mass is 328 g/mol. The Morgan fingerprint density at radius 2 is 1.86 bits per heavy atom. The number of carbonyl (C=O) groups excluding carboxylic acids is 1. The van der Waals surface area contributed by atoms with Crippen LogP contribution in [-0.4, -0.2) is 20.9 Å². The van der Waals surface area contributed by atoms with Gasteiger partial charge in [-0.2, -0.15) is 13.2 Å². The molecule has 0 saturated carbocycles. The molecule has 9 heteroatoms. The molecule has 22 heavy (non-hydrogen) atoms. The van der Waals surface area contributed by atoms with Crippen LogP contribution in [0, 0.1) is 12.8 Å². The topological polar surface area (TPSA) is 67.8 Å². The first kappa shape index (κ1) is 14.9. The molecule has 0 bridgehead atoms. The van der Waals surface area contributed by atoms with Crippen LogP contribution in [0.4, 0.5) is 18.2 Å². The highest BCUT2D eigenvalue weighted by Crippen LogP contribution is 2.37. The van der Waals surface area contributed by atoms with Crippen LogP contribution in [0.1, 0.15) is 22.1 Å². The second-order valence-corrected chi connectivity index (χ2v) is 5.97. The molecule has 0 unspecified atom stereocenters. The van der Waals surface area contributed by atoms with Crippen LogP contribution in [0.5, 0.6) is 0 Å². The number of halogens is 3. The van der Waals surface area contributed by atoms with Crippen molar-refractivity contribution in [3.63, 3.8) is 0 Å². The number of nitrogens with zero attached hydrogens (tertiary/aromatic N) is 3. The Balaban J connectivity index is 1.72. The van der Waals surface area contributed by atoms with E-state index in [-0.39, 0.29) is 22.5 Å². The van der Waals surface area contributed by atoms with Gasteiger partial charge in [-0.15, -0.1) is 0 Å². The average molecular weight is 328 g/mol. The van der Waals surface area contributed by atoms with Crippen molar-refractivity contribution in [3.05, 3.63) is 34.5 Å². The summed E-state index contributed by atoms with van der Waals surface area (Å²) in [5.41, 5.74) is 1.69. The predicted octanol–water partition coefficient (Wildman–Crippen LogP) is 2.61. The Morgan fingerprint density at radius 3 is 2.36 bits per heavy atom. The fraction of sp³-hybridized carbons (Fsp3) is 0.385. The Kier molecular flexibility index (Phi) is 3.59. The summed E-state index contributed by atoms with van der Waals surface area (Å²) < 4.78 is 37.9. The predicted molar refractivity (Wildman–Crippen MR) is 73.4 cm³/mol. The Hall–Kier alpha value is -2.03. The van der Waals surface area contributed by atoms with Crippen molar-refractivity contribution in [2.24, 2.45) is 5.92 Å². The van der Waals surface area contributed by atoms with Crippen molar-refractivity contribution < 1.29 is 18.0 Å². The van der Waals surface area contributed by atoms with Crippen LogP contribution in [0.25, 0.3) is 0 Å². The zero-order chi connectivity index (χ0) is 15.9. The lowest BCUT2D eigenvalue weighted by Gasteiger charge is -2.08. The molecule has 5 nitrogen and oxygen atoms in total. The van der Waals surface area contributed by atoms with E-state index in [1.165, 1.54) is 6.92 Å². The number of alkyl halides is 3. The van der Waals surface area contributed by atoms with Gasteiger partial charge in [0.25, 0.3) is 0 Å². The number of carbonyl (C=O) groups is 1. The van der Waals surface area contributed by atoms with Gasteiger partial charge in [0.1, 0.15) is 5.00 Å². The molecule has 0 fully saturated rings. The minimum absolute atomic E-state index is 0.134. The summed E-state index contributed by atoms with van der Waals surface area (Å²) in [6.07, 6.45) is -0.502. The fourth-order valence-electron chi connectivity index (χ4n) is 2.31. The van der Waals surface area contributed by atoms with E-state index in [1.54, 1.807) is 12.4 Å². The van der Waals surface area contributed by atoms with Crippen molar-refractivity contribution in [1.29, 1.82) is 0 Å². The first-order chi connectivity index (χ1) is 10.3. The Morgan fingerprint density at radius 1 is 1.27 bits per heavy atom. The number of amides is 1. The van der Waals surface area contributed by atoms with E-state index in [0.29, 0.717) is 24.2 Å². The number of fused-ring (bicyclic) bond motifs is 1. The number of anilines is 1. The van der Waals surface area contributed by atoms with E-state index < -0.39 is 11.2 Å². The van der Waals surface area contributed by atoms with Gasteiger partial charge in [-0.1, -0.05) is 11.3 Å². The molecule has 3 rings (SSSR count). The van der Waals surface area contributed by atoms with Crippen molar-refractivity contribution in [2.75, 3.05) is 5.32 Å². The summed E-state index contributed by atoms with van der Waals surface area (Å²) in [4.78, 5) is 24.0. The second-order valence-electron chi connectivity index (χ2n) is 4.98. The number of aryl methyl sites for hydroxylation is 1. The number of hydrogen-bond acceptors (Lipinski definition) is 5. The normalized spacial score (nSPS) is 14.9. The molecule has 116 valence electrons. The molecule has 0 spiro atoms. The number of thiazole rings is 1. The zero-order valence-electron chi connectivity index (χ0n) is 11.4. The molecule has 0 aliphatic heterocycles. The third-order valence-corrected chi connectivity index (χ3v) is 4.50. The van der Waals surface area contributed by atoms with Gasteiger partial charge in [0, 0.05) is 31.2 Å². The largest absolute Gasteiger partial charge is 0.443 e. The van der Waals surface area contributed by atoms with Crippen LogP contribution < -0.4 is 5.32 Å². The lowest BCUT2D eigenvalue weighted by molar-refractivity contribution is -0.137. The lowest BCUT2D eigenvalue weighted by atomic mass is 10.1. The molecular weight excluding hydrogens is 317 g/mol. The summed E-state index contributed by atoms with van der Waals surface area (Å²) in [5, 5.41) is 1.71. The summed E-state index contributed by atoms with van der Waals surface area (Å²) in [5.74, 6) is -0.700. The maximum Gasteiger partial charge on any atom is 0.443 e. The van der Waals surface area contributed by atoms with E-state index in [1.807, 2.05) is 0 Å². The Labute approximate surface area is 127 Å². The number of rotatable bonds is 2. The maximum atomic E-state index is 12.6. The third-order valence-electron chi connectivity index (χ3n) is 3.39. The standard InChI is InChI=1S/C13H11F3N4OS/c1-6-11(22-12(19-6)13(14,15)16)20-10(21)7-4-8-9(5-7)18-3-2-17-8/h2-3,7H,4-5H2,1H3,(H,20,21). The van der Waals surface area contributed by atoms with Crippen molar-refractivity contribution in [2.45, 2.75) is 25.9 Å². The van der Waals surface area contributed by atoms with E-state index in [9.17, 15) is 18.0 Å². The van der Waals surface area contributed by atoms with E-state index in [2.05, 4.69) is 20.3 Å². The van der Waals surface area contributed by atoms with Crippen LogP contribution >= 0.6 is 11.3 Å². The van der Waals surface area contributed by atoms with Gasteiger partial charge in [-0.05, 0) is 6.92 Å². The molecule has 1 N–H and O–H groups in total. The highest BCUT2D eigenvalue weighted by molar-refractivity contribution is 7.16. The number of nitrogens with one attached hydrogen (secondary N) is 1. The smallest absolute Gasteiger partial charge is 0.316 e. The second kappa shape index (κ2) is 5.31. The highest BCUT2D eigenvalue weighted by Gasteiger charge is 2.36. The highest BCUT2D eigenvalue weighted by atomic mass is 32.1. The lowest BCUT2D eigenvalue weighted by Crippen LogP contribution is -2.23. The van der Waals surface area contributed by atoms with E-state index in [0.717, 1.165) is 11.4 Å². The molecule has 1 aliphatic carbocycles. The van der Waals surface area contributed by atoms with Gasteiger partial charge >= 0.3 is 6.18 Å². The van der Waals surface area contributed by atoms with Crippen molar-refractivity contribution >= 4 is 22.2 Å². The van der Waals surface area contributed by atoms with Gasteiger partial charge in [0.05, 0.1) is 17.1 Å². The van der Waals surface area contributed by atoms with Crippen LogP contribution in [0.3, 0.4) is 0 Å². The molecule has 0 saturated heterocycles. The van der Waals surface area contributed by atoms with Crippen LogP contribution in [0.15, 0.2) is 12.4 Å². The van der Waals surface area contributed by atoms with Gasteiger partial charge in [0.2, 0.25) is 5.91 Å². The first-order valence-corrected chi connectivity index (χ1v) is 7.30. The van der Waals surface area contributed by atoms with Crippen LogP contribution in [-0.2, 0) is 23.8 Å². The van der Waals surface area contributed by atoms with E-state index >= 15 is 0 Å². The summed E-state index contributed by atoms with van der Waals surface area (Å²) in [7, 11) is 0. The molecule has 0 radical (unpaired) electrons. The average Bonchev–Trinajstić information content (AvgIpc) is 3.02. The van der Waals surface area contributed by atoms with Gasteiger partial charge < -0.3 is 5.32 Å². The fourth-order valence-corrected chi connectivity index (χ4v) is 3.15. The minimum atomic E-state index is -4.50. The number of aromatic nitrogens is 3. The van der Waals surface area contributed by atoms with Gasteiger partial charge in [-0.3, -0.25) is 14.8 Å². The van der Waals surface area contributed by atoms with Crippen LogP contribution in [0.2, 0.25) is 0 Å². The summed E-state index contributed by atoms with van der Waals surface area (Å²) in [6, 6.07) is 0. The molecule has 1 amide bonds. The number of hydrogen-bond donors (Lipinski definition) is 1. The molecule has 0 aromatic carbocycles. The minimum Gasteiger partial charge on any atom is -0.316 e. The molecular formula is C13H11F3N4OS. The maximum absolute atomic E-state index is 12.6. The third kappa shape index (κ3) is 2.80. The Bertz CT molecular complexity index is 703. The SMILES string of the molecule is Cc1nc(C(F)(F)F)sc1NC(=O)C1Cc2nccnc2C1. The molecule has 0 atom stereocenters. The van der Waals surface area contributed by atoms with Crippen molar-refractivity contribution in [3.8, 4) is 0 Å².